The van der Waals surface area contributed by atoms with Crippen molar-refractivity contribution in [1.29, 1.82) is 0 Å². The van der Waals surface area contributed by atoms with Crippen LogP contribution in [0, 0.1) is 0 Å². The highest BCUT2D eigenvalue weighted by Gasteiger charge is 2.58. The molecule has 5 heteroatoms. The van der Waals surface area contributed by atoms with Crippen molar-refractivity contribution >= 4 is 0 Å². The largest absolute Gasteiger partial charge is 0.364 e. The van der Waals surface area contributed by atoms with E-state index in [9.17, 15) is 0 Å². The smallest absolute Gasteiger partial charge is 0.197 e. The van der Waals surface area contributed by atoms with Crippen LogP contribution in [0.3, 0.4) is 0 Å². The van der Waals surface area contributed by atoms with Crippen molar-refractivity contribution in [2.24, 2.45) is 0 Å². The van der Waals surface area contributed by atoms with Crippen molar-refractivity contribution in [2.45, 2.75) is 69.5 Å². The highest BCUT2D eigenvalue weighted by molar-refractivity contribution is 4.99. The second kappa shape index (κ2) is 6.13. The molecule has 0 bridgehead atoms. The van der Waals surface area contributed by atoms with E-state index >= 15 is 0 Å². The Hall–Kier alpha value is -0.200. The van der Waals surface area contributed by atoms with Gasteiger partial charge in [-0.05, 0) is 13.3 Å². The third-order valence-electron chi connectivity index (χ3n) is 5.08. The van der Waals surface area contributed by atoms with Crippen molar-refractivity contribution in [3.05, 3.63) is 0 Å². The average Bonchev–Trinajstić information content (AvgIpc) is 3.12. The molecule has 0 N–H and O–H groups in total. The first-order valence-corrected chi connectivity index (χ1v) is 8.34. The van der Waals surface area contributed by atoms with E-state index in [1.807, 2.05) is 0 Å². The summed E-state index contributed by atoms with van der Waals surface area (Å²) in [6, 6.07) is 0. The molecule has 0 amide bonds. The third-order valence-corrected chi connectivity index (χ3v) is 5.08. The van der Waals surface area contributed by atoms with Gasteiger partial charge >= 0.3 is 0 Å². The van der Waals surface area contributed by atoms with Crippen LogP contribution in [0.4, 0.5) is 0 Å². The molecule has 3 fully saturated rings. The molecule has 3 aliphatic heterocycles. The van der Waals surface area contributed by atoms with Crippen molar-refractivity contribution in [1.82, 2.24) is 0 Å². The fraction of sp³-hybridized carbons (Fsp3) is 1.00. The zero-order valence-electron chi connectivity index (χ0n) is 13.3. The van der Waals surface area contributed by atoms with Crippen molar-refractivity contribution in [3.8, 4) is 0 Å². The van der Waals surface area contributed by atoms with Gasteiger partial charge in [0.2, 0.25) is 0 Å². The monoisotopic (exact) mass is 300 g/mol. The highest BCUT2D eigenvalue weighted by Crippen LogP contribution is 2.47. The molecule has 3 saturated heterocycles. The number of hydrogen-bond donors (Lipinski definition) is 0. The molecule has 0 aromatic rings. The fourth-order valence-electron chi connectivity index (χ4n) is 3.67. The van der Waals surface area contributed by atoms with E-state index in [4.69, 9.17) is 23.7 Å². The Morgan fingerprint density at radius 3 is 2.14 bits per heavy atom. The van der Waals surface area contributed by atoms with Crippen LogP contribution in [0.2, 0.25) is 0 Å². The van der Waals surface area contributed by atoms with Gasteiger partial charge in [0.25, 0.3) is 0 Å². The molecule has 0 aromatic carbocycles. The standard InChI is InChI=1S/C16H28O5/c1-3-4-5-6-14(2)16(19-11-12-20-16)8-7-15(13-21-14)17-9-10-18-15/h3-13H2,1-2H3. The average molecular weight is 300 g/mol. The molecule has 122 valence electrons. The quantitative estimate of drug-likeness (QED) is 0.747. The molecular formula is C16H28O5. The van der Waals surface area contributed by atoms with Crippen LogP contribution < -0.4 is 0 Å². The maximum Gasteiger partial charge on any atom is 0.197 e. The van der Waals surface area contributed by atoms with Crippen LogP contribution in [0.25, 0.3) is 0 Å². The van der Waals surface area contributed by atoms with E-state index in [0.717, 1.165) is 25.7 Å². The Bertz CT molecular complexity index is 347. The van der Waals surface area contributed by atoms with Gasteiger partial charge in [0.1, 0.15) is 12.2 Å². The third kappa shape index (κ3) is 2.86. The topological polar surface area (TPSA) is 46.2 Å². The van der Waals surface area contributed by atoms with Gasteiger partial charge in [0, 0.05) is 12.8 Å². The van der Waals surface area contributed by atoms with Gasteiger partial charge in [-0.1, -0.05) is 26.2 Å². The number of unbranched alkanes of at least 4 members (excludes halogenated alkanes) is 2. The normalized spacial score (nSPS) is 34.6. The molecule has 2 spiro atoms. The van der Waals surface area contributed by atoms with Crippen molar-refractivity contribution in [2.75, 3.05) is 33.0 Å². The zero-order valence-corrected chi connectivity index (χ0v) is 13.3. The fourth-order valence-corrected chi connectivity index (χ4v) is 3.67. The lowest BCUT2D eigenvalue weighted by Gasteiger charge is -2.42. The second-order valence-corrected chi connectivity index (χ2v) is 6.53. The minimum absolute atomic E-state index is 0.433. The number of ether oxygens (including phenoxy) is 5. The SMILES string of the molecule is CCCCCC1(C)OCC2(CCC13OCCO3)OCCO2. The van der Waals surface area contributed by atoms with Gasteiger partial charge in [0.05, 0.1) is 26.4 Å². The van der Waals surface area contributed by atoms with E-state index in [1.165, 1.54) is 12.8 Å². The molecule has 1 atom stereocenters. The van der Waals surface area contributed by atoms with Crippen LogP contribution in [-0.4, -0.2) is 50.2 Å². The van der Waals surface area contributed by atoms with Crippen LogP contribution >= 0.6 is 0 Å². The molecule has 0 aromatic heterocycles. The van der Waals surface area contributed by atoms with E-state index in [-0.39, 0.29) is 0 Å². The van der Waals surface area contributed by atoms with Crippen LogP contribution in [0.15, 0.2) is 0 Å². The lowest BCUT2D eigenvalue weighted by atomic mass is 9.86. The molecular weight excluding hydrogens is 272 g/mol. The zero-order chi connectivity index (χ0) is 14.8. The van der Waals surface area contributed by atoms with E-state index < -0.39 is 17.2 Å². The maximum atomic E-state index is 6.31. The van der Waals surface area contributed by atoms with Crippen molar-refractivity contribution in [3.63, 3.8) is 0 Å². The molecule has 3 aliphatic rings. The summed E-state index contributed by atoms with van der Waals surface area (Å²) in [5.41, 5.74) is -0.433. The minimum Gasteiger partial charge on any atom is -0.364 e. The lowest BCUT2D eigenvalue weighted by molar-refractivity contribution is -0.283. The van der Waals surface area contributed by atoms with Gasteiger partial charge < -0.3 is 23.7 Å². The first kappa shape index (κ1) is 15.7. The summed E-state index contributed by atoms with van der Waals surface area (Å²) in [6.45, 7) is 7.37. The predicted octanol–water partition coefficient (Wildman–Crippen LogP) is 2.62. The first-order chi connectivity index (χ1) is 10.1. The summed E-state index contributed by atoms with van der Waals surface area (Å²) in [5, 5.41) is 0. The van der Waals surface area contributed by atoms with Gasteiger partial charge in [-0.15, -0.1) is 0 Å². The molecule has 0 saturated carbocycles. The van der Waals surface area contributed by atoms with Crippen molar-refractivity contribution < 1.29 is 23.7 Å². The maximum absolute atomic E-state index is 6.31. The first-order valence-electron chi connectivity index (χ1n) is 8.34. The van der Waals surface area contributed by atoms with E-state index in [2.05, 4.69) is 13.8 Å². The van der Waals surface area contributed by atoms with Gasteiger partial charge in [-0.2, -0.15) is 0 Å². The summed E-state index contributed by atoms with van der Waals surface area (Å²) >= 11 is 0. The Balaban J connectivity index is 1.77. The Morgan fingerprint density at radius 2 is 1.48 bits per heavy atom. The highest BCUT2D eigenvalue weighted by atomic mass is 16.8. The minimum atomic E-state index is -0.639. The Labute approximate surface area is 127 Å². The molecule has 0 radical (unpaired) electrons. The Kier molecular flexibility index (Phi) is 4.58. The van der Waals surface area contributed by atoms with Gasteiger partial charge in [0.15, 0.2) is 11.6 Å². The van der Waals surface area contributed by atoms with Crippen LogP contribution in [0.1, 0.15) is 52.4 Å². The van der Waals surface area contributed by atoms with Gasteiger partial charge in [-0.3, -0.25) is 0 Å². The molecule has 21 heavy (non-hydrogen) atoms. The number of rotatable bonds is 4. The lowest BCUT2D eigenvalue weighted by Crippen LogP contribution is -2.54. The van der Waals surface area contributed by atoms with E-state index in [1.54, 1.807) is 0 Å². The molecule has 3 heterocycles. The summed E-state index contributed by atoms with van der Waals surface area (Å²) in [7, 11) is 0. The summed E-state index contributed by atoms with van der Waals surface area (Å²) < 4.78 is 30.1. The van der Waals surface area contributed by atoms with Gasteiger partial charge in [-0.25, -0.2) is 0 Å². The molecule has 5 nitrogen and oxygen atoms in total. The molecule has 0 aliphatic carbocycles. The Morgan fingerprint density at radius 1 is 0.810 bits per heavy atom. The number of hydrogen-bond acceptors (Lipinski definition) is 5. The van der Waals surface area contributed by atoms with E-state index in [0.29, 0.717) is 33.0 Å². The van der Waals surface area contributed by atoms with Crippen LogP contribution in [0.5, 0.6) is 0 Å². The summed E-state index contributed by atoms with van der Waals surface area (Å²) in [4.78, 5) is 0. The summed E-state index contributed by atoms with van der Waals surface area (Å²) in [5.74, 6) is -1.23. The second-order valence-electron chi connectivity index (χ2n) is 6.53. The summed E-state index contributed by atoms with van der Waals surface area (Å²) in [6.07, 6.45) is 5.98. The molecule has 1 unspecified atom stereocenters. The molecule has 3 rings (SSSR count). The predicted molar refractivity (Wildman–Crippen MR) is 77.0 cm³/mol. The van der Waals surface area contributed by atoms with Crippen LogP contribution in [-0.2, 0) is 23.7 Å².